The zero-order valence-electron chi connectivity index (χ0n) is 23.2. The maximum atomic E-state index is 12.9. The summed E-state index contributed by atoms with van der Waals surface area (Å²) in [5, 5.41) is 5.45. The molecule has 5 rings (SSSR count). The first-order chi connectivity index (χ1) is 19.0. The molecule has 0 saturated carbocycles. The summed E-state index contributed by atoms with van der Waals surface area (Å²) in [7, 11) is -0.688. The highest BCUT2D eigenvalue weighted by molar-refractivity contribution is 6.56. The molecule has 1 aliphatic heterocycles. The molecule has 1 heterocycles. The van der Waals surface area contributed by atoms with Crippen molar-refractivity contribution in [3.63, 3.8) is 0 Å². The van der Waals surface area contributed by atoms with E-state index in [4.69, 9.17) is 19.8 Å². The van der Waals surface area contributed by atoms with Crippen molar-refractivity contribution < 1.29 is 23.6 Å². The van der Waals surface area contributed by atoms with Crippen molar-refractivity contribution in [2.24, 2.45) is 5.73 Å². The van der Waals surface area contributed by atoms with Gasteiger partial charge in [-0.3, -0.25) is 0 Å². The third kappa shape index (κ3) is 5.62. The number of benzene rings is 3. The zero-order chi connectivity index (χ0) is 28.5. The summed E-state index contributed by atoms with van der Waals surface area (Å²) >= 11 is 0. The second-order valence-corrected chi connectivity index (χ2v) is 11.1. The van der Waals surface area contributed by atoms with E-state index in [-0.39, 0.29) is 19.1 Å². The van der Waals surface area contributed by atoms with Crippen LogP contribution >= 0.6 is 0 Å². The Morgan fingerprint density at radius 2 is 1.52 bits per heavy atom. The Labute approximate surface area is 235 Å². The lowest BCUT2D eigenvalue weighted by Crippen LogP contribution is -2.41. The molecule has 1 saturated heterocycles. The standard InChI is InChI=1S/C31H34BN3O5/c1-30(2)31(3,4)40-32(39-30)21(16-20-10-9-11-22(17-20)35-28(33)36)18-34-29(37)38-19-27-25-14-7-5-12-23(25)24-13-6-8-15-26(24)27/h5-17,27H,18-19H2,1-4H3,(H,34,37)(H3,33,35,36). The van der Waals surface area contributed by atoms with Crippen molar-refractivity contribution in [3.8, 4) is 11.1 Å². The van der Waals surface area contributed by atoms with Crippen LogP contribution < -0.4 is 16.4 Å². The zero-order valence-corrected chi connectivity index (χ0v) is 23.2. The minimum Gasteiger partial charge on any atom is -0.449 e. The lowest BCUT2D eigenvalue weighted by Gasteiger charge is -2.32. The fourth-order valence-corrected chi connectivity index (χ4v) is 5.08. The third-order valence-electron chi connectivity index (χ3n) is 7.84. The molecule has 0 radical (unpaired) electrons. The summed E-state index contributed by atoms with van der Waals surface area (Å²) in [5.41, 5.74) is 10.8. The van der Waals surface area contributed by atoms with Crippen molar-refractivity contribution in [1.29, 1.82) is 0 Å². The molecule has 40 heavy (non-hydrogen) atoms. The number of nitrogens with two attached hydrogens (primary N) is 1. The molecule has 9 heteroatoms. The summed E-state index contributed by atoms with van der Waals surface area (Å²) in [6.07, 6.45) is 1.34. The summed E-state index contributed by atoms with van der Waals surface area (Å²) in [6, 6.07) is 23.0. The number of hydrogen-bond donors (Lipinski definition) is 3. The fraction of sp³-hybridized carbons (Fsp3) is 0.290. The number of nitrogens with one attached hydrogen (secondary N) is 2. The molecule has 2 aliphatic rings. The quantitative estimate of drug-likeness (QED) is 0.332. The largest absolute Gasteiger partial charge is 0.492 e. The van der Waals surface area contributed by atoms with Crippen LogP contribution in [-0.2, 0) is 14.0 Å². The molecule has 0 atom stereocenters. The van der Waals surface area contributed by atoms with E-state index in [2.05, 4.69) is 34.9 Å². The number of urea groups is 1. The summed E-state index contributed by atoms with van der Waals surface area (Å²) < 4.78 is 18.3. The highest BCUT2D eigenvalue weighted by atomic mass is 16.7. The van der Waals surface area contributed by atoms with Gasteiger partial charge in [0.25, 0.3) is 0 Å². The highest BCUT2D eigenvalue weighted by Crippen LogP contribution is 2.44. The summed E-state index contributed by atoms with van der Waals surface area (Å²) in [4.78, 5) is 24.2. The average molecular weight is 539 g/mol. The molecule has 8 nitrogen and oxygen atoms in total. The van der Waals surface area contributed by atoms with E-state index in [0.717, 1.165) is 16.7 Å². The van der Waals surface area contributed by atoms with E-state index in [0.29, 0.717) is 11.2 Å². The SMILES string of the molecule is CC1(C)OB(C(=Cc2cccc(NC(N)=O)c2)CNC(=O)OCC2c3ccccc3-c3ccccc32)OC1(C)C. The first-order valence-corrected chi connectivity index (χ1v) is 13.4. The van der Waals surface area contributed by atoms with Crippen molar-refractivity contribution in [1.82, 2.24) is 5.32 Å². The molecule has 0 bridgehead atoms. The van der Waals surface area contributed by atoms with Gasteiger partial charge in [0.2, 0.25) is 0 Å². The smallest absolute Gasteiger partial charge is 0.449 e. The molecule has 4 N–H and O–H groups in total. The number of primary amides is 1. The van der Waals surface area contributed by atoms with Crippen LogP contribution in [0.15, 0.2) is 78.3 Å². The van der Waals surface area contributed by atoms with Crippen LogP contribution in [0.5, 0.6) is 0 Å². The monoisotopic (exact) mass is 539 g/mol. The Kier molecular flexibility index (Phi) is 7.44. The lowest BCUT2D eigenvalue weighted by molar-refractivity contribution is 0.00578. The van der Waals surface area contributed by atoms with E-state index in [1.54, 1.807) is 18.2 Å². The highest BCUT2D eigenvalue weighted by Gasteiger charge is 2.52. The van der Waals surface area contributed by atoms with Crippen LogP contribution in [0.3, 0.4) is 0 Å². The maximum Gasteiger partial charge on any atom is 0.492 e. The number of hydrogen-bond acceptors (Lipinski definition) is 5. The molecule has 1 aliphatic carbocycles. The van der Waals surface area contributed by atoms with Gasteiger partial charge in [0.05, 0.1) is 11.2 Å². The second kappa shape index (κ2) is 10.8. The van der Waals surface area contributed by atoms with E-state index >= 15 is 0 Å². The Balaban J connectivity index is 1.31. The normalized spacial score (nSPS) is 17.2. The number of fused-ring (bicyclic) bond motifs is 3. The van der Waals surface area contributed by atoms with Gasteiger partial charge >= 0.3 is 19.2 Å². The van der Waals surface area contributed by atoms with Crippen LogP contribution in [-0.4, -0.2) is 43.6 Å². The molecule has 3 aromatic carbocycles. The van der Waals surface area contributed by atoms with Crippen molar-refractivity contribution >= 4 is 31.0 Å². The first-order valence-electron chi connectivity index (χ1n) is 13.4. The van der Waals surface area contributed by atoms with Crippen LogP contribution in [0, 0.1) is 0 Å². The summed E-state index contributed by atoms with van der Waals surface area (Å²) in [6.45, 7) is 8.25. The molecular formula is C31H34BN3O5. The van der Waals surface area contributed by atoms with Gasteiger partial charge in [-0.1, -0.05) is 66.7 Å². The van der Waals surface area contributed by atoms with Gasteiger partial charge in [0.15, 0.2) is 0 Å². The third-order valence-corrected chi connectivity index (χ3v) is 7.84. The van der Waals surface area contributed by atoms with Crippen LogP contribution in [0.4, 0.5) is 15.3 Å². The van der Waals surface area contributed by atoms with Crippen molar-refractivity contribution in [2.45, 2.75) is 44.8 Å². The van der Waals surface area contributed by atoms with Gasteiger partial charge in [0, 0.05) is 18.2 Å². The average Bonchev–Trinajstić information content (AvgIpc) is 3.34. The number of anilines is 1. The molecular weight excluding hydrogens is 505 g/mol. The maximum absolute atomic E-state index is 12.9. The second-order valence-electron chi connectivity index (χ2n) is 11.1. The molecule has 1 fully saturated rings. The Bertz CT molecular complexity index is 1410. The molecule has 206 valence electrons. The number of alkyl carbamates (subject to hydrolysis) is 1. The van der Waals surface area contributed by atoms with Crippen LogP contribution in [0.1, 0.15) is 50.3 Å². The molecule has 0 aromatic heterocycles. The topological polar surface area (TPSA) is 112 Å². The lowest BCUT2D eigenvalue weighted by atomic mass is 9.77. The van der Waals surface area contributed by atoms with Gasteiger partial charge in [-0.2, -0.15) is 0 Å². The van der Waals surface area contributed by atoms with Gasteiger partial charge in [-0.25, -0.2) is 9.59 Å². The van der Waals surface area contributed by atoms with Gasteiger partial charge in [-0.05, 0) is 73.1 Å². The number of carbonyl (C=O) groups excluding carboxylic acids is 2. The fourth-order valence-electron chi connectivity index (χ4n) is 5.08. The van der Waals surface area contributed by atoms with Gasteiger partial charge in [0.1, 0.15) is 6.61 Å². The Morgan fingerprint density at radius 1 is 0.925 bits per heavy atom. The number of amides is 3. The van der Waals surface area contributed by atoms with Crippen molar-refractivity contribution in [3.05, 3.63) is 95.0 Å². The molecule has 0 spiro atoms. The van der Waals surface area contributed by atoms with Crippen LogP contribution in [0.2, 0.25) is 0 Å². The minimum atomic E-state index is -0.688. The Hall–Kier alpha value is -4.08. The number of ether oxygens (including phenoxy) is 1. The molecule has 3 aromatic rings. The predicted octanol–water partition coefficient (Wildman–Crippen LogP) is 5.73. The van der Waals surface area contributed by atoms with Gasteiger partial charge < -0.3 is 30.4 Å². The molecule has 3 amide bonds. The Morgan fingerprint density at radius 3 is 2.12 bits per heavy atom. The van der Waals surface area contributed by atoms with E-state index in [1.165, 1.54) is 11.1 Å². The van der Waals surface area contributed by atoms with Crippen molar-refractivity contribution in [2.75, 3.05) is 18.5 Å². The number of carbonyl (C=O) groups is 2. The van der Waals surface area contributed by atoms with Gasteiger partial charge in [-0.15, -0.1) is 0 Å². The minimum absolute atomic E-state index is 0.0308. The van der Waals surface area contributed by atoms with E-state index in [1.807, 2.05) is 64.1 Å². The number of rotatable bonds is 7. The predicted molar refractivity (Wildman–Crippen MR) is 157 cm³/mol. The first kappa shape index (κ1) is 27.5. The molecule has 0 unspecified atom stereocenters. The van der Waals surface area contributed by atoms with E-state index in [9.17, 15) is 9.59 Å². The van der Waals surface area contributed by atoms with Crippen LogP contribution in [0.25, 0.3) is 17.2 Å². The summed E-state index contributed by atoms with van der Waals surface area (Å²) in [5.74, 6) is -0.0308. The van der Waals surface area contributed by atoms with E-state index < -0.39 is 30.4 Å².